The number of para-hydroxylation sites is 1. The molecule has 0 radical (unpaired) electrons. The summed E-state index contributed by atoms with van der Waals surface area (Å²) in [5.41, 5.74) is 1.46. The lowest BCUT2D eigenvalue weighted by molar-refractivity contribution is -0.129. The highest BCUT2D eigenvalue weighted by molar-refractivity contribution is 5.89. The second-order valence-electron chi connectivity index (χ2n) is 6.61. The number of nitrogens with zero attached hydrogens (tertiary/aromatic N) is 1. The molecule has 0 saturated carbocycles. The zero-order valence-electron chi connectivity index (χ0n) is 15.3. The van der Waals surface area contributed by atoms with Gasteiger partial charge in [0.05, 0.1) is 13.0 Å². The van der Waals surface area contributed by atoms with Gasteiger partial charge in [-0.3, -0.25) is 9.59 Å². The summed E-state index contributed by atoms with van der Waals surface area (Å²) in [4.78, 5) is 26.3. The van der Waals surface area contributed by atoms with Crippen LogP contribution in [0.5, 0.6) is 5.75 Å². The Hall–Kier alpha value is -2.89. The molecule has 27 heavy (non-hydrogen) atoms. The van der Waals surface area contributed by atoms with E-state index >= 15 is 0 Å². The van der Waals surface area contributed by atoms with Crippen molar-refractivity contribution in [2.45, 2.75) is 19.4 Å². The van der Waals surface area contributed by atoms with E-state index in [4.69, 9.17) is 4.74 Å². The van der Waals surface area contributed by atoms with Crippen LogP contribution in [-0.2, 0) is 22.6 Å². The minimum Gasteiger partial charge on any atom is -0.496 e. The van der Waals surface area contributed by atoms with Gasteiger partial charge in [-0.25, -0.2) is 4.39 Å². The summed E-state index contributed by atoms with van der Waals surface area (Å²) in [6, 6.07) is 14.0. The first-order valence-electron chi connectivity index (χ1n) is 8.99. The number of amides is 2. The standard InChI is InChI=1S/C21H23FN2O3/c1-27-19-9-5-3-6-15(19)10-11-24-14-17(12-20(24)25)21(26)23-13-16-7-2-4-8-18(16)22/h2-9,17H,10-14H2,1H3,(H,23,26). The van der Waals surface area contributed by atoms with E-state index in [1.54, 1.807) is 30.2 Å². The van der Waals surface area contributed by atoms with Gasteiger partial charge in [-0.05, 0) is 24.1 Å². The molecule has 2 aromatic rings. The normalized spacial score (nSPS) is 16.4. The largest absolute Gasteiger partial charge is 0.496 e. The van der Waals surface area contributed by atoms with Crippen LogP contribution >= 0.6 is 0 Å². The topological polar surface area (TPSA) is 58.6 Å². The zero-order chi connectivity index (χ0) is 19.2. The fourth-order valence-corrected chi connectivity index (χ4v) is 3.30. The van der Waals surface area contributed by atoms with Crippen molar-refractivity contribution in [2.75, 3.05) is 20.2 Å². The molecule has 1 heterocycles. The summed E-state index contributed by atoms with van der Waals surface area (Å²) in [5.74, 6) is -0.202. The summed E-state index contributed by atoms with van der Waals surface area (Å²) < 4.78 is 19.0. The van der Waals surface area contributed by atoms with E-state index in [-0.39, 0.29) is 30.6 Å². The number of nitrogens with one attached hydrogen (secondary N) is 1. The third-order valence-corrected chi connectivity index (χ3v) is 4.84. The maximum atomic E-state index is 13.6. The summed E-state index contributed by atoms with van der Waals surface area (Å²) in [6.07, 6.45) is 0.856. The molecule has 0 spiro atoms. The first-order chi connectivity index (χ1) is 13.1. The van der Waals surface area contributed by atoms with Crippen LogP contribution in [0.1, 0.15) is 17.5 Å². The smallest absolute Gasteiger partial charge is 0.225 e. The molecule has 1 fully saturated rings. The number of hydrogen-bond acceptors (Lipinski definition) is 3. The van der Waals surface area contributed by atoms with E-state index in [0.717, 1.165) is 11.3 Å². The van der Waals surface area contributed by atoms with E-state index in [2.05, 4.69) is 5.32 Å². The Labute approximate surface area is 158 Å². The van der Waals surface area contributed by atoms with E-state index in [1.807, 2.05) is 24.3 Å². The predicted octanol–water partition coefficient (Wildman–Crippen LogP) is 2.54. The summed E-state index contributed by atoms with van der Waals surface area (Å²) in [5, 5.41) is 2.74. The molecular formula is C21H23FN2O3. The Morgan fingerprint density at radius 1 is 1.19 bits per heavy atom. The molecule has 142 valence electrons. The maximum Gasteiger partial charge on any atom is 0.225 e. The molecule has 1 N–H and O–H groups in total. The molecule has 1 aliphatic heterocycles. The number of rotatable bonds is 7. The fraction of sp³-hybridized carbons (Fsp3) is 0.333. The fourth-order valence-electron chi connectivity index (χ4n) is 3.30. The van der Waals surface area contributed by atoms with Crippen molar-refractivity contribution in [3.63, 3.8) is 0 Å². The summed E-state index contributed by atoms with van der Waals surface area (Å²) in [6.45, 7) is 1.05. The molecule has 0 aromatic heterocycles. The van der Waals surface area contributed by atoms with Gasteiger partial charge in [-0.1, -0.05) is 36.4 Å². The Balaban J connectivity index is 1.52. The molecular weight excluding hydrogens is 347 g/mol. The van der Waals surface area contributed by atoms with Crippen molar-refractivity contribution in [1.82, 2.24) is 10.2 Å². The van der Waals surface area contributed by atoms with Gasteiger partial charge < -0.3 is 15.0 Å². The van der Waals surface area contributed by atoms with Crippen molar-refractivity contribution < 1.29 is 18.7 Å². The maximum absolute atomic E-state index is 13.6. The molecule has 5 nitrogen and oxygen atoms in total. The Morgan fingerprint density at radius 3 is 2.63 bits per heavy atom. The molecule has 2 amide bonds. The first kappa shape index (κ1) is 18.9. The molecule has 0 aliphatic carbocycles. The van der Waals surface area contributed by atoms with E-state index in [1.165, 1.54) is 6.07 Å². The Bertz CT molecular complexity index is 825. The van der Waals surface area contributed by atoms with Crippen molar-refractivity contribution >= 4 is 11.8 Å². The first-order valence-corrected chi connectivity index (χ1v) is 8.99. The predicted molar refractivity (Wildman–Crippen MR) is 99.6 cm³/mol. The minimum absolute atomic E-state index is 0.0315. The van der Waals surface area contributed by atoms with Gasteiger partial charge in [-0.2, -0.15) is 0 Å². The Morgan fingerprint density at radius 2 is 1.89 bits per heavy atom. The number of ether oxygens (including phenoxy) is 1. The van der Waals surface area contributed by atoms with Crippen LogP contribution in [0.4, 0.5) is 4.39 Å². The van der Waals surface area contributed by atoms with Crippen molar-refractivity contribution in [2.24, 2.45) is 5.92 Å². The van der Waals surface area contributed by atoms with Crippen LogP contribution in [0.15, 0.2) is 48.5 Å². The molecule has 6 heteroatoms. The average Bonchev–Trinajstić information content (AvgIpc) is 3.06. The molecule has 1 aliphatic rings. The molecule has 2 aromatic carbocycles. The van der Waals surface area contributed by atoms with Crippen LogP contribution in [-0.4, -0.2) is 36.9 Å². The quantitative estimate of drug-likeness (QED) is 0.815. The van der Waals surface area contributed by atoms with Gasteiger partial charge in [0.15, 0.2) is 0 Å². The summed E-state index contributed by atoms with van der Waals surface area (Å²) >= 11 is 0. The minimum atomic E-state index is -0.401. The number of methoxy groups -OCH3 is 1. The van der Waals surface area contributed by atoms with Crippen molar-refractivity contribution in [3.05, 3.63) is 65.5 Å². The molecule has 1 atom stereocenters. The van der Waals surface area contributed by atoms with Crippen LogP contribution in [0, 0.1) is 11.7 Å². The number of carbonyl (C=O) groups is 2. The third-order valence-electron chi connectivity index (χ3n) is 4.84. The highest BCUT2D eigenvalue weighted by Crippen LogP contribution is 2.22. The van der Waals surface area contributed by atoms with Crippen molar-refractivity contribution in [1.29, 1.82) is 0 Å². The highest BCUT2D eigenvalue weighted by Gasteiger charge is 2.34. The van der Waals surface area contributed by atoms with Crippen LogP contribution < -0.4 is 10.1 Å². The van der Waals surface area contributed by atoms with Gasteiger partial charge in [0.2, 0.25) is 11.8 Å². The number of hydrogen-bond donors (Lipinski definition) is 1. The van der Waals surface area contributed by atoms with E-state index in [9.17, 15) is 14.0 Å². The van der Waals surface area contributed by atoms with Gasteiger partial charge in [0.1, 0.15) is 11.6 Å². The lowest BCUT2D eigenvalue weighted by atomic mass is 10.1. The highest BCUT2D eigenvalue weighted by atomic mass is 19.1. The molecule has 1 saturated heterocycles. The molecule has 0 bridgehead atoms. The van der Waals surface area contributed by atoms with Gasteiger partial charge in [0.25, 0.3) is 0 Å². The number of carbonyl (C=O) groups excluding carboxylic acids is 2. The number of benzene rings is 2. The SMILES string of the molecule is COc1ccccc1CCN1CC(C(=O)NCc2ccccc2F)CC1=O. The number of halogens is 1. The van der Waals surface area contributed by atoms with Crippen LogP contribution in [0.2, 0.25) is 0 Å². The third kappa shape index (κ3) is 4.64. The van der Waals surface area contributed by atoms with E-state index < -0.39 is 5.92 Å². The Kier molecular flexibility index (Phi) is 6.06. The summed E-state index contributed by atoms with van der Waals surface area (Å²) in [7, 11) is 1.62. The lowest BCUT2D eigenvalue weighted by Crippen LogP contribution is -2.33. The second-order valence-corrected chi connectivity index (χ2v) is 6.61. The van der Waals surface area contributed by atoms with E-state index in [0.29, 0.717) is 25.1 Å². The monoisotopic (exact) mass is 370 g/mol. The van der Waals surface area contributed by atoms with Gasteiger partial charge in [0, 0.05) is 31.6 Å². The van der Waals surface area contributed by atoms with Gasteiger partial charge in [-0.15, -0.1) is 0 Å². The number of likely N-dealkylation sites (tertiary alicyclic amines) is 1. The molecule has 1 unspecified atom stereocenters. The zero-order valence-corrected chi connectivity index (χ0v) is 15.3. The van der Waals surface area contributed by atoms with Gasteiger partial charge >= 0.3 is 0 Å². The van der Waals surface area contributed by atoms with Crippen molar-refractivity contribution in [3.8, 4) is 5.75 Å². The molecule has 3 rings (SSSR count). The average molecular weight is 370 g/mol. The second kappa shape index (κ2) is 8.66. The van der Waals surface area contributed by atoms with Crippen LogP contribution in [0.25, 0.3) is 0 Å². The van der Waals surface area contributed by atoms with Crippen LogP contribution in [0.3, 0.4) is 0 Å². The lowest BCUT2D eigenvalue weighted by Gasteiger charge is -2.17.